The Balaban J connectivity index is 2.15. The largest absolute Gasteiger partial charge is 0.276 e. The van der Waals surface area contributed by atoms with Crippen LogP contribution in [0.25, 0.3) is 21.0 Å². The molecule has 0 aliphatic heterocycles. The van der Waals surface area contributed by atoms with Crippen molar-refractivity contribution in [1.82, 2.24) is 9.13 Å². The molecule has 2 heterocycles. The number of fused-ring (bicyclic) bond motifs is 1. The first-order valence-corrected chi connectivity index (χ1v) is 9.50. The van der Waals surface area contributed by atoms with Crippen LogP contribution in [0.15, 0.2) is 54.6 Å². The minimum Gasteiger partial charge on any atom is -0.276 e. The molecule has 0 amide bonds. The maximum Gasteiger partial charge on any atom is 0.168 e. The fourth-order valence-corrected chi connectivity index (χ4v) is 5.91. The molecule has 2 aromatic carbocycles. The number of para-hydroxylation sites is 2. The summed E-state index contributed by atoms with van der Waals surface area (Å²) in [5.74, 6) is 0. The maximum atomic E-state index is 5.64. The van der Waals surface area contributed by atoms with E-state index in [2.05, 4.69) is 40.3 Å². The predicted molar refractivity (Wildman–Crippen MR) is 105 cm³/mol. The predicted octanol–water partition coefficient (Wildman–Crippen LogP) is 6.31. The molecule has 0 N–H and O–H groups in total. The average molecular weight is 373 g/mol. The topological polar surface area (TPSA) is 9.86 Å². The molecule has 0 aliphatic rings. The molecule has 4 rings (SSSR count). The van der Waals surface area contributed by atoms with Crippen molar-refractivity contribution in [3.8, 4) is 11.4 Å². The molecular weight excluding hydrogens is 360 g/mol. The van der Waals surface area contributed by atoms with Crippen molar-refractivity contribution in [1.29, 1.82) is 0 Å². The Morgan fingerprint density at radius 2 is 1.39 bits per heavy atom. The Labute approximate surface area is 151 Å². The third-order valence-corrected chi connectivity index (χ3v) is 6.52. The SMILES string of the molecule is Cc1ccccc1-n1c(=S)sc2sc(=S)n(-c3ccccc3)c21. The van der Waals surface area contributed by atoms with Crippen LogP contribution >= 0.6 is 47.1 Å². The molecule has 2 nitrogen and oxygen atoms in total. The van der Waals surface area contributed by atoms with Gasteiger partial charge < -0.3 is 0 Å². The Kier molecular flexibility index (Phi) is 3.77. The molecule has 6 heteroatoms. The molecule has 0 fully saturated rings. The zero-order valence-electron chi connectivity index (χ0n) is 12.2. The van der Waals surface area contributed by atoms with Crippen molar-refractivity contribution in [2.24, 2.45) is 0 Å². The van der Waals surface area contributed by atoms with Crippen LogP contribution in [0.2, 0.25) is 0 Å². The van der Waals surface area contributed by atoms with Gasteiger partial charge in [-0.05, 0) is 55.1 Å². The Bertz CT molecular complexity index is 1110. The second-order valence-electron chi connectivity index (χ2n) is 5.14. The van der Waals surface area contributed by atoms with E-state index in [0.717, 1.165) is 28.9 Å². The van der Waals surface area contributed by atoms with E-state index >= 15 is 0 Å². The lowest BCUT2D eigenvalue weighted by molar-refractivity contribution is 1.00. The van der Waals surface area contributed by atoms with E-state index < -0.39 is 0 Å². The number of rotatable bonds is 2. The quantitative estimate of drug-likeness (QED) is 0.381. The highest BCUT2D eigenvalue weighted by Gasteiger charge is 2.16. The molecule has 0 atom stereocenters. The first-order valence-electron chi connectivity index (χ1n) is 7.05. The number of aryl methyl sites for hydroxylation is 1. The molecule has 0 aliphatic carbocycles. The molecule has 114 valence electrons. The smallest absolute Gasteiger partial charge is 0.168 e. The lowest BCUT2D eigenvalue weighted by atomic mass is 10.2. The minimum absolute atomic E-state index is 0.842. The average Bonchev–Trinajstić information content (AvgIpc) is 3.02. The molecule has 0 spiro atoms. The van der Waals surface area contributed by atoms with E-state index in [9.17, 15) is 0 Å². The van der Waals surface area contributed by atoms with Crippen molar-refractivity contribution in [2.75, 3.05) is 0 Å². The zero-order valence-corrected chi connectivity index (χ0v) is 15.5. The first-order chi connectivity index (χ1) is 11.2. The van der Waals surface area contributed by atoms with Crippen LogP contribution in [0.5, 0.6) is 0 Å². The molecule has 23 heavy (non-hydrogen) atoms. The number of hydrogen-bond donors (Lipinski definition) is 0. The Morgan fingerprint density at radius 1 is 0.783 bits per heavy atom. The zero-order chi connectivity index (χ0) is 16.0. The molecule has 0 radical (unpaired) electrons. The highest BCUT2D eigenvalue weighted by atomic mass is 32.2. The summed E-state index contributed by atoms with van der Waals surface area (Å²) in [7, 11) is 0. The van der Waals surface area contributed by atoms with Crippen molar-refractivity contribution in [3.63, 3.8) is 0 Å². The monoisotopic (exact) mass is 372 g/mol. The van der Waals surface area contributed by atoms with Crippen LogP contribution in [0.1, 0.15) is 5.56 Å². The highest BCUT2D eigenvalue weighted by Crippen LogP contribution is 2.35. The lowest BCUT2D eigenvalue weighted by Crippen LogP contribution is -2.02. The summed E-state index contributed by atoms with van der Waals surface area (Å²) in [6, 6.07) is 18.5. The van der Waals surface area contributed by atoms with E-state index in [1.54, 1.807) is 22.7 Å². The lowest BCUT2D eigenvalue weighted by Gasteiger charge is -2.11. The van der Waals surface area contributed by atoms with E-state index in [1.165, 1.54) is 5.56 Å². The second kappa shape index (κ2) is 5.79. The minimum atomic E-state index is 0.842. The normalized spacial score (nSPS) is 11.2. The highest BCUT2D eigenvalue weighted by molar-refractivity contribution is 7.75. The van der Waals surface area contributed by atoms with Crippen molar-refractivity contribution < 1.29 is 0 Å². The van der Waals surface area contributed by atoms with Crippen molar-refractivity contribution >= 4 is 56.8 Å². The van der Waals surface area contributed by atoms with Gasteiger partial charge in [0, 0.05) is 5.69 Å². The standard InChI is InChI=1S/C17H12N2S4/c1-11-7-5-6-10-13(11)19-14-15(23-17(19)21)22-16(20)18(14)12-8-3-2-4-9-12/h2-10H,1H3. The fraction of sp³-hybridized carbons (Fsp3) is 0.0588. The van der Waals surface area contributed by atoms with Crippen molar-refractivity contribution in [2.45, 2.75) is 6.92 Å². The summed E-state index contributed by atoms with van der Waals surface area (Å²) in [6.07, 6.45) is 0. The van der Waals surface area contributed by atoms with Gasteiger partial charge in [-0.15, -0.1) is 0 Å². The van der Waals surface area contributed by atoms with Crippen LogP contribution in [-0.4, -0.2) is 9.13 Å². The summed E-state index contributed by atoms with van der Waals surface area (Å²) in [5.41, 5.74) is 4.44. The molecular formula is C17H12N2S4. The third kappa shape index (κ3) is 2.42. The molecule has 2 aromatic heterocycles. The number of hydrogen-bond acceptors (Lipinski definition) is 4. The van der Waals surface area contributed by atoms with E-state index in [4.69, 9.17) is 24.4 Å². The summed E-state index contributed by atoms with van der Waals surface area (Å²) in [5, 5.41) is 0. The van der Waals surface area contributed by atoms with E-state index in [1.807, 2.05) is 30.3 Å². The number of thiazole rings is 2. The van der Waals surface area contributed by atoms with Gasteiger partial charge in [0.05, 0.1) is 5.69 Å². The van der Waals surface area contributed by atoms with Crippen LogP contribution in [0, 0.1) is 14.8 Å². The van der Waals surface area contributed by atoms with Gasteiger partial charge in [-0.1, -0.05) is 59.1 Å². The Morgan fingerprint density at radius 3 is 2.09 bits per heavy atom. The van der Waals surface area contributed by atoms with Crippen LogP contribution in [0.4, 0.5) is 0 Å². The first kappa shape index (κ1) is 15.0. The van der Waals surface area contributed by atoms with E-state index in [-0.39, 0.29) is 0 Å². The van der Waals surface area contributed by atoms with Gasteiger partial charge >= 0.3 is 0 Å². The summed E-state index contributed by atoms with van der Waals surface area (Å²) < 4.78 is 7.11. The number of nitrogens with zero attached hydrogens (tertiary/aromatic N) is 2. The second-order valence-corrected chi connectivity index (χ2v) is 8.69. The molecule has 0 saturated carbocycles. The van der Waals surface area contributed by atoms with Gasteiger partial charge in [0.2, 0.25) is 0 Å². The summed E-state index contributed by atoms with van der Waals surface area (Å²) in [6.45, 7) is 2.11. The summed E-state index contributed by atoms with van der Waals surface area (Å²) in [4.78, 5) is 0. The van der Waals surface area contributed by atoms with Crippen molar-refractivity contribution in [3.05, 3.63) is 68.1 Å². The molecule has 0 unspecified atom stereocenters. The molecule has 4 aromatic rings. The third-order valence-electron chi connectivity index (χ3n) is 3.70. The van der Waals surface area contributed by atoms with Gasteiger partial charge in [0.1, 0.15) is 4.01 Å². The van der Waals surface area contributed by atoms with Gasteiger partial charge in [-0.3, -0.25) is 9.13 Å². The van der Waals surface area contributed by atoms with Gasteiger partial charge in [0.25, 0.3) is 0 Å². The molecule has 0 bridgehead atoms. The maximum absolute atomic E-state index is 5.64. The number of benzene rings is 2. The van der Waals surface area contributed by atoms with E-state index in [0.29, 0.717) is 0 Å². The summed E-state index contributed by atoms with van der Waals surface area (Å²) >= 11 is 14.5. The van der Waals surface area contributed by atoms with Gasteiger partial charge in [-0.2, -0.15) is 0 Å². The number of aromatic nitrogens is 2. The Hall–Kier alpha value is -1.60. The van der Waals surface area contributed by atoms with Crippen LogP contribution < -0.4 is 0 Å². The van der Waals surface area contributed by atoms with Crippen LogP contribution in [0.3, 0.4) is 0 Å². The molecule has 0 saturated heterocycles. The van der Waals surface area contributed by atoms with Gasteiger partial charge in [-0.25, -0.2) is 0 Å². The van der Waals surface area contributed by atoms with Crippen LogP contribution in [-0.2, 0) is 0 Å². The van der Waals surface area contributed by atoms with Gasteiger partial charge in [0.15, 0.2) is 13.6 Å². The fourth-order valence-electron chi connectivity index (χ4n) is 2.65.